The predicted octanol–water partition coefficient (Wildman–Crippen LogP) is 4.33. The highest BCUT2D eigenvalue weighted by Gasteiger charge is 1.95. The highest BCUT2D eigenvalue weighted by Crippen LogP contribution is 2.14. The van der Waals surface area contributed by atoms with E-state index in [9.17, 15) is 0 Å². The first kappa shape index (κ1) is 11.6. The molecule has 0 N–H and O–H groups in total. The van der Waals surface area contributed by atoms with Gasteiger partial charge < -0.3 is 4.74 Å². The average Bonchev–Trinajstić information content (AvgIpc) is 2.25. The lowest BCUT2D eigenvalue weighted by Crippen LogP contribution is -1.93. The lowest BCUT2D eigenvalue weighted by atomic mass is 10.2. The van der Waals surface area contributed by atoms with Gasteiger partial charge in [0.1, 0.15) is 11.5 Å². The smallest absolute Gasteiger partial charge is 0.126 e. The molecule has 1 heteroatoms. The molecule has 0 aliphatic carbocycles. The third kappa shape index (κ3) is 4.50. The summed E-state index contributed by atoms with van der Waals surface area (Å²) in [6.07, 6.45) is 5.00. The van der Waals surface area contributed by atoms with Crippen molar-refractivity contribution in [1.82, 2.24) is 0 Å². The third-order valence-corrected chi connectivity index (χ3v) is 1.94. The zero-order valence-electron chi connectivity index (χ0n) is 9.66. The Morgan fingerprint density at radius 3 is 2.33 bits per heavy atom. The van der Waals surface area contributed by atoms with E-state index in [1.54, 1.807) is 0 Å². The Bertz CT molecular complexity index is 343. The fourth-order valence-electron chi connectivity index (χ4n) is 1.12. The van der Waals surface area contributed by atoms with Crippen molar-refractivity contribution in [2.75, 3.05) is 0 Å². The molecule has 0 aliphatic rings. The number of allylic oxidation sites excluding steroid dienone is 4. The summed E-state index contributed by atoms with van der Waals surface area (Å²) >= 11 is 0. The number of ether oxygens (including phenoxy) is 1. The van der Waals surface area contributed by atoms with Crippen LogP contribution in [0.2, 0.25) is 0 Å². The van der Waals surface area contributed by atoms with Gasteiger partial charge >= 0.3 is 0 Å². The molecule has 0 aromatic heterocycles. The van der Waals surface area contributed by atoms with Crippen LogP contribution in [0.5, 0.6) is 5.75 Å². The monoisotopic (exact) mass is 202 g/mol. The highest BCUT2D eigenvalue weighted by atomic mass is 16.5. The lowest BCUT2D eigenvalue weighted by Gasteiger charge is -2.07. The summed E-state index contributed by atoms with van der Waals surface area (Å²) in [7, 11) is 0. The molecule has 0 spiro atoms. The summed E-state index contributed by atoms with van der Waals surface area (Å²) in [6, 6.07) is 9.86. The fourth-order valence-corrected chi connectivity index (χ4v) is 1.12. The minimum atomic E-state index is 0.896. The van der Waals surface area contributed by atoms with Gasteiger partial charge in [-0.1, -0.05) is 36.8 Å². The van der Waals surface area contributed by atoms with Gasteiger partial charge in [-0.2, -0.15) is 0 Å². The van der Waals surface area contributed by atoms with Gasteiger partial charge in [0.05, 0.1) is 0 Å². The van der Waals surface area contributed by atoms with Crippen LogP contribution in [0.3, 0.4) is 0 Å². The molecule has 1 rings (SSSR count). The van der Waals surface area contributed by atoms with Crippen LogP contribution in [0.4, 0.5) is 0 Å². The van der Waals surface area contributed by atoms with Crippen molar-refractivity contribution in [2.45, 2.75) is 27.2 Å². The molecule has 0 saturated carbocycles. The minimum absolute atomic E-state index is 0.896. The van der Waals surface area contributed by atoms with Crippen LogP contribution in [-0.4, -0.2) is 0 Å². The molecule has 1 aromatic rings. The second-order valence-electron chi connectivity index (χ2n) is 3.65. The zero-order chi connectivity index (χ0) is 11.1. The van der Waals surface area contributed by atoms with Crippen molar-refractivity contribution in [3.63, 3.8) is 0 Å². The highest BCUT2D eigenvalue weighted by molar-refractivity contribution is 5.24. The number of rotatable bonds is 4. The number of para-hydroxylation sites is 1. The van der Waals surface area contributed by atoms with Crippen molar-refractivity contribution in [3.05, 3.63) is 53.8 Å². The van der Waals surface area contributed by atoms with Crippen molar-refractivity contribution in [1.29, 1.82) is 0 Å². The maximum atomic E-state index is 5.73. The molecule has 0 fully saturated rings. The van der Waals surface area contributed by atoms with Crippen molar-refractivity contribution in [2.24, 2.45) is 0 Å². The van der Waals surface area contributed by atoms with Gasteiger partial charge in [-0.05, 0) is 32.1 Å². The summed E-state index contributed by atoms with van der Waals surface area (Å²) in [6.45, 7) is 6.24. The largest absolute Gasteiger partial charge is 0.462 e. The molecule has 15 heavy (non-hydrogen) atoms. The number of hydrogen-bond donors (Lipinski definition) is 0. The van der Waals surface area contributed by atoms with Crippen molar-refractivity contribution in [3.8, 4) is 5.75 Å². The molecule has 0 atom stereocenters. The molecule has 0 heterocycles. The van der Waals surface area contributed by atoms with E-state index in [4.69, 9.17) is 4.74 Å². The summed E-state index contributed by atoms with van der Waals surface area (Å²) < 4.78 is 5.73. The Kier molecular flexibility index (Phi) is 4.69. The van der Waals surface area contributed by atoms with Crippen LogP contribution < -0.4 is 4.74 Å². The summed E-state index contributed by atoms with van der Waals surface area (Å²) in [4.78, 5) is 0. The van der Waals surface area contributed by atoms with Crippen LogP contribution in [0.15, 0.2) is 53.8 Å². The van der Waals surface area contributed by atoms with Crippen LogP contribution in [-0.2, 0) is 0 Å². The first-order valence-corrected chi connectivity index (χ1v) is 5.29. The zero-order valence-corrected chi connectivity index (χ0v) is 9.66. The Labute approximate surface area is 92.1 Å². The number of hydrogen-bond acceptors (Lipinski definition) is 1. The molecule has 0 unspecified atom stereocenters. The standard InChI is InChI=1S/C14H18O/c1-4-13(11-10-12(2)3)15-14-8-6-5-7-9-14/h5-11H,4H2,1-3H3/b13-11+. The van der Waals surface area contributed by atoms with Crippen LogP contribution in [0.25, 0.3) is 0 Å². The van der Waals surface area contributed by atoms with E-state index < -0.39 is 0 Å². The van der Waals surface area contributed by atoms with E-state index in [2.05, 4.69) is 26.8 Å². The first-order chi connectivity index (χ1) is 7.22. The van der Waals surface area contributed by atoms with E-state index in [0.717, 1.165) is 17.9 Å². The number of benzene rings is 1. The van der Waals surface area contributed by atoms with Crippen molar-refractivity contribution >= 4 is 0 Å². The average molecular weight is 202 g/mol. The van der Waals surface area contributed by atoms with Crippen LogP contribution in [0.1, 0.15) is 27.2 Å². The Morgan fingerprint density at radius 1 is 1.13 bits per heavy atom. The van der Waals surface area contributed by atoms with Gasteiger partial charge in [-0.25, -0.2) is 0 Å². The van der Waals surface area contributed by atoms with Crippen molar-refractivity contribution < 1.29 is 4.74 Å². The molecule has 0 amide bonds. The minimum Gasteiger partial charge on any atom is -0.462 e. The molecule has 0 bridgehead atoms. The maximum Gasteiger partial charge on any atom is 0.126 e. The van der Waals surface area contributed by atoms with Gasteiger partial charge in [-0.15, -0.1) is 0 Å². The predicted molar refractivity (Wildman–Crippen MR) is 64.9 cm³/mol. The fraction of sp³-hybridized carbons (Fsp3) is 0.286. The van der Waals surface area contributed by atoms with Gasteiger partial charge in [0.15, 0.2) is 0 Å². The second-order valence-corrected chi connectivity index (χ2v) is 3.65. The van der Waals surface area contributed by atoms with Crippen LogP contribution >= 0.6 is 0 Å². The van der Waals surface area contributed by atoms with E-state index in [0.29, 0.717) is 0 Å². The Morgan fingerprint density at radius 2 is 1.80 bits per heavy atom. The Balaban J connectivity index is 2.70. The quantitative estimate of drug-likeness (QED) is 0.521. The van der Waals surface area contributed by atoms with Crippen LogP contribution in [0, 0.1) is 0 Å². The van der Waals surface area contributed by atoms with Gasteiger partial charge in [0.2, 0.25) is 0 Å². The van der Waals surface area contributed by atoms with Gasteiger partial charge in [-0.3, -0.25) is 0 Å². The molecule has 80 valence electrons. The van der Waals surface area contributed by atoms with E-state index in [1.165, 1.54) is 5.57 Å². The second kappa shape index (κ2) is 6.07. The van der Waals surface area contributed by atoms with E-state index >= 15 is 0 Å². The topological polar surface area (TPSA) is 9.23 Å². The van der Waals surface area contributed by atoms with E-state index in [1.807, 2.05) is 36.4 Å². The Hall–Kier alpha value is -1.50. The molecular weight excluding hydrogens is 184 g/mol. The van der Waals surface area contributed by atoms with E-state index in [-0.39, 0.29) is 0 Å². The molecule has 1 aromatic carbocycles. The first-order valence-electron chi connectivity index (χ1n) is 5.29. The molecule has 0 saturated heterocycles. The van der Waals surface area contributed by atoms with Gasteiger partial charge in [0, 0.05) is 6.42 Å². The third-order valence-electron chi connectivity index (χ3n) is 1.94. The normalized spacial score (nSPS) is 11.0. The SMILES string of the molecule is CC/C(=C\C=C(C)C)Oc1ccccc1. The lowest BCUT2D eigenvalue weighted by molar-refractivity contribution is 0.409. The molecule has 1 nitrogen and oxygen atoms in total. The molecular formula is C14H18O. The summed E-state index contributed by atoms with van der Waals surface area (Å²) in [5.41, 5.74) is 1.28. The van der Waals surface area contributed by atoms with Gasteiger partial charge in [0.25, 0.3) is 0 Å². The molecule has 0 aliphatic heterocycles. The summed E-state index contributed by atoms with van der Waals surface area (Å²) in [5, 5.41) is 0. The maximum absolute atomic E-state index is 5.73. The summed E-state index contributed by atoms with van der Waals surface area (Å²) in [5.74, 6) is 1.88. The molecule has 0 radical (unpaired) electrons.